The van der Waals surface area contributed by atoms with Crippen LogP contribution in [0.3, 0.4) is 0 Å². The van der Waals surface area contributed by atoms with E-state index in [0.29, 0.717) is 31.2 Å². The molecule has 5 nitrogen and oxygen atoms in total. The molecule has 2 N–H and O–H groups in total. The minimum atomic E-state index is -0.418. The third-order valence-electron chi connectivity index (χ3n) is 4.25. The van der Waals surface area contributed by atoms with Crippen molar-refractivity contribution < 1.29 is 14.6 Å². The van der Waals surface area contributed by atoms with E-state index in [-0.39, 0.29) is 11.5 Å². The molecule has 24 heavy (non-hydrogen) atoms. The number of carbonyl (C=O) groups is 1. The van der Waals surface area contributed by atoms with Gasteiger partial charge >= 0.3 is 0 Å². The number of aryl methyl sites for hydroxylation is 1. The number of carbonyl (C=O) groups excluding carboxylic acids is 1. The number of amides is 1. The summed E-state index contributed by atoms with van der Waals surface area (Å²) in [5, 5.41) is 12.9. The molecule has 0 aromatic carbocycles. The van der Waals surface area contributed by atoms with Crippen LogP contribution in [0.25, 0.3) is 0 Å². The molecule has 1 fully saturated rings. The largest absolute Gasteiger partial charge is 0.472 e. The highest BCUT2D eigenvalue weighted by molar-refractivity contribution is 5.76. The second-order valence-electron chi connectivity index (χ2n) is 7.60. The molecule has 1 aliphatic carbocycles. The molecule has 1 saturated carbocycles. The monoisotopic (exact) mass is 334 g/mol. The van der Waals surface area contributed by atoms with E-state index < -0.39 is 6.10 Å². The van der Waals surface area contributed by atoms with Crippen LogP contribution < -0.4 is 10.1 Å². The molecule has 1 heterocycles. The van der Waals surface area contributed by atoms with E-state index in [4.69, 9.17) is 4.74 Å². The van der Waals surface area contributed by atoms with Crippen molar-refractivity contribution in [1.29, 1.82) is 0 Å². The van der Waals surface area contributed by atoms with Gasteiger partial charge in [-0.1, -0.05) is 18.9 Å². The number of aliphatic hydroxyl groups is 1. The average Bonchev–Trinajstić information content (AvgIpc) is 3.03. The van der Waals surface area contributed by atoms with Crippen molar-refractivity contribution in [2.75, 3.05) is 6.54 Å². The molecule has 1 aromatic heterocycles. The summed E-state index contributed by atoms with van der Waals surface area (Å²) in [7, 11) is 0. The lowest BCUT2D eigenvalue weighted by atomic mass is 10.0. The fourth-order valence-electron chi connectivity index (χ4n) is 3.02. The van der Waals surface area contributed by atoms with Crippen LogP contribution in [0.2, 0.25) is 0 Å². The molecule has 0 aliphatic heterocycles. The Morgan fingerprint density at radius 1 is 1.38 bits per heavy atom. The molecule has 1 aliphatic rings. The van der Waals surface area contributed by atoms with E-state index in [1.165, 1.54) is 12.8 Å². The molecule has 1 unspecified atom stereocenters. The number of rotatable bonds is 7. The van der Waals surface area contributed by atoms with Crippen LogP contribution in [0.5, 0.6) is 5.88 Å². The molecular formula is C19H30N2O3. The Balaban J connectivity index is 1.74. The summed E-state index contributed by atoms with van der Waals surface area (Å²) in [6.07, 6.45) is 5.03. The van der Waals surface area contributed by atoms with Gasteiger partial charge in [0, 0.05) is 24.7 Å². The molecular weight excluding hydrogens is 304 g/mol. The zero-order valence-corrected chi connectivity index (χ0v) is 15.0. The number of hydrogen-bond acceptors (Lipinski definition) is 4. The van der Waals surface area contributed by atoms with Crippen LogP contribution in [0.15, 0.2) is 18.2 Å². The van der Waals surface area contributed by atoms with Gasteiger partial charge < -0.3 is 15.2 Å². The van der Waals surface area contributed by atoms with Gasteiger partial charge in [0.05, 0.1) is 6.10 Å². The number of nitrogens with zero attached hydrogens (tertiary/aromatic N) is 1. The SMILES string of the molecule is CC(C)(C)Oc1cccc(CCC(=O)NCC(O)C2CCCC2)n1. The highest BCUT2D eigenvalue weighted by atomic mass is 16.5. The van der Waals surface area contributed by atoms with E-state index in [2.05, 4.69) is 10.3 Å². The summed E-state index contributed by atoms with van der Waals surface area (Å²) in [5.41, 5.74) is 0.544. The topological polar surface area (TPSA) is 71.5 Å². The third kappa shape index (κ3) is 6.48. The van der Waals surface area contributed by atoms with E-state index in [9.17, 15) is 9.90 Å². The van der Waals surface area contributed by atoms with Crippen LogP contribution in [0.4, 0.5) is 0 Å². The Hall–Kier alpha value is -1.62. The first kappa shape index (κ1) is 18.7. The van der Waals surface area contributed by atoms with Gasteiger partial charge in [0.25, 0.3) is 0 Å². The first-order valence-electron chi connectivity index (χ1n) is 8.93. The van der Waals surface area contributed by atoms with Gasteiger partial charge in [0.15, 0.2) is 0 Å². The zero-order valence-electron chi connectivity index (χ0n) is 15.0. The highest BCUT2D eigenvalue weighted by Gasteiger charge is 2.23. The lowest BCUT2D eigenvalue weighted by Gasteiger charge is -2.20. The molecule has 0 bridgehead atoms. The highest BCUT2D eigenvalue weighted by Crippen LogP contribution is 2.27. The zero-order chi connectivity index (χ0) is 17.6. The molecule has 2 rings (SSSR count). The maximum Gasteiger partial charge on any atom is 0.220 e. The maximum absolute atomic E-state index is 12.0. The Bertz CT molecular complexity index is 534. The first-order chi connectivity index (χ1) is 11.3. The van der Waals surface area contributed by atoms with Crippen LogP contribution in [-0.2, 0) is 11.2 Å². The summed E-state index contributed by atoms with van der Waals surface area (Å²) < 4.78 is 5.74. The molecule has 1 aromatic rings. The normalized spacial score (nSPS) is 16.8. The number of nitrogens with one attached hydrogen (secondary N) is 1. The summed E-state index contributed by atoms with van der Waals surface area (Å²) in [5.74, 6) is 0.881. The molecule has 0 spiro atoms. The van der Waals surface area contributed by atoms with Crippen molar-refractivity contribution in [2.24, 2.45) is 5.92 Å². The Labute approximate surface area is 144 Å². The predicted octanol–water partition coefficient (Wildman–Crippen LogP) is 2.86. The summed E-state index contributed by atoms with van der Waals surface area (Å²) >= 11 is 0. The van der Waals surface area contributed by atoms with Gasteiger partial charge in [-0.05, 0) is 52.0 Å². The molecule has 1 amide bonds. The lowest BCUT2D eigenvalue weighted by molar-refractivity contribution is -0.121. The quantitative estimate of drug-likeness (QED) is 0.804. The van der Waals surface area contributed by atoms with Crippen LogP contribution in [-0.4, -0.2) is 34.2 Å². The maximum atomic E-state index is 12.0. The van der Waals surface area contributed by atoms with Crippen LogP contribution in [0, 0.1) is 5.92 Å². The number of hydrogen-bond donors (Lipinski definition) is 2. The van der Waals surface area contributed by atoms with Gasteiger partial charge in [-0.25, -0.2) is 4.98 Å². The van der Waals surface area contributed by atoms with E-state index in [0.717, 1.165) is 18.5 Å². The Morgan fingerprint density at radius 3 is 2.75 bits per heavy atom. The van der Waals surface area contributed by atoms with Crippen molar-refractivity contribution in [3.63, 3.8) is 0 Å². The predicted molar refractivity (Wildman–Crippen MR) is 93.9 cm³/mol. The van der Waals surface area contributed by atoms with Crippen molar-refractivity contribution in [3.05, 3.63) is 23.9 Å². The smallest absolute Gasteiger partial charge is 0.220 e. The van der Waals surface area contributed by atoms with E-state index in [1.807, 2.05) is 39.0 Å². The van der Waals surface area contributed by atoms with Crippen molar-refractivity contribution in [3.8, 4) is 5.88 Å². The van der Waals surface area contributed by atoms with E-state index in [1.54, 1.807) is 0 Å². The van der Waals surface area contributed by atoms with Crippen molar-refractivity contribution >= 4 is 5.91 Å². The second-order valence-corrected chi connectivity index (χ2v) is 7.60. The molecule has 0 saturated heterocycles. The second kappa shape index (κ2) is 8.47. The Kier molecular flexibility index (Phi) is 6.60. The number of aliphatic hydroxyl groups excluding tert-OH is 1. The van der Waals surface area contributed by atoms with Gasteiger partial charge in [0.1, 0.15) is 5.60 Å². The van der Waals surface area contributed by atoms with Gasteiger partial charge in [-0.2, -0.15) is 0 Å². The van der Waals surface area contributed by atoms with Crippen LogP contribution >= 0.6 is 0 Å². The lowest BCUT2D eigenvalue weighted by Crippen LogP contribution is -2.35. The average molecular weight is 334 g/mol. The molecule has 134 valence electrons. The summed E-state index contributed by atoms with van der Waals surface area (Å²) in [4.78, 5) is 16.4. The molecule has 5 heteroatoms. The minimum Gasteiger partial charge on any atom is -0.472 e. The molecule has 1 atom stereocenters. The van der Waals surface area contributed by atoms with Gasteiger partial charge in [-0.15, -0.1) is 0 Å². The van der Waals surface area contributed by atoms with E-state index >= 15 is 0 Å². The number of aromatic nitrogens is 1. The number of pyridine rings is 1. The standard InChI is InChI=1S/C19H30N2O3/c1-19(2,3)24-18-10-6-9-15(21-18)11-12-17(23)20-13-16(22)14-7-4-5-8-14/h6,9-10,14,16,22H,4-5,7-8,11-13H2,1-3H3,(H,20,23). The van der Waals surface area contributed by atoms with Crippen molar-refractivity contribution in [1.82, 2.24) is 10.3 Å². The number of ether oxygens (including phenoxy) is 1. The summed E-state index contributed by atoms with van der Waals surface area (Å²) in [6.45, 7) is 6.28. The fraction of sp³-hybridized carbons (Fsp3) is 0.684. The Morgan fingerprint density at radius 2 is 2.08 bits per heavy atom. The van der Waals surface area contributed by atoms with Crippen LogP contribution in [0.1, 0.15) is 58.6 Å². The molecule has 0 radical (unpaired) electrons. The fourth-order valence-corrected chi connectivity index (χ4v) is 3.02. The first-order valence-corrected chi connectivity index (χ1v) is 8.93. The van der Waals surface area contributed by atoms with Gasteiger partial charge in [0.2, 0.25) is 11.8 Å². The third-order valence-corrected chi connectivity index (χ3v) is 4.25. The summed E-state index contributed by atoms with van der Waals surface area (Å²) in [6, 6.07) is 5.62. The van der Waals surface area contributed by atoms with Gasteiger partial charge in [-0.3, -0.25) is 4.79 Å². The minimum absolute atomic E-state index is 0.0454. The van der Waals surface area contributed by atoms with Crippen molar-refractivity contribution in [2.45, 2.75) is 71.0 Å².